The van der Waals surface area contributed by atoms with E-state index in [9.17, 15) is 14.2 Å². The van der Waals surface area contributed by atoms with E-state index in [2.05, 4.69) is 10.6 Å². The van der Waals surface area contributed by atoms with Crippen LogP contribution in [0.2, 0.25) is 0 Å². The van der Waals surface area contributed by atoms with Gasteiger partial charge in [0.1, 0.15) is 5.60 Å². The third-order valence-corrected chi connectivity index (χ3v) is 5.45. The van der Waals surface area contributed by atoms with Gasteiger partial charge in [0.05, 0.1) is 19.3 Å². The normalized spacial score (nSPS) is 21.5. The van der Waals surface area contributed by atoms with Crippen LogP contribution in [0.4, 0.5) is 9.59 Å². The summed E-state index contributed by atoms with van der Waals surface area (Å²) in [6.07, 6.45) is 2.69. The number of carbonyl (C=O) groups excluding carboxylic acids is 2. The van der Waals surface area contributed by atoms with E-state index in [1.54, 1.807) is 34.6 Å². The highest BCUT2D eigenvalue weighted by molar-refractivity contribution is 7.71. The van der Waals surface area contributed by atoms with Gasteiger partial charge in [0, 0.05) is 6.04 Å². The molecule has 0 heterocycles. The van der Waals surface area contributed by atoms with E-state index in [1.165, 1.54) is 0 Å². The lowest BCUT2D eigenvalue weighted by molar-refractivity contribution is 0.0481. The Kier molecular flexibility index (Phi) is 8.38. The zero-order valence-corrected chi connectivity index (χ0v) is 16.7. The van der Waals surface area contributed by atoms with Crippen molar-refractivity contribution in [3.8, 4) is 0 Å². The SMILES string of the molecule is CCOP(=O)(OCC)C(=O)N[C@@H]1CCCC[C@H]1NC(=O)OC(C)(C)C. The Bertz CT molecular complexity index is 495. The van der Waals surface area contributed by atoms with Crippen LogP contribution in [0.1, 0.15) is 60.3 Å². The Morgan fingerprint density at radius 1 is 1.00 bits per heavy atom. The molecule has 0 unspecified atom stereocenters. The molecule has 1 aliphatic carbocycles. The minimum absolute atomic E-state index is 0.106. The van der Waals surface area contributed by atoms with E-state index in [1.807, 2.05) is 0 Å². The van der Waals surface area contributed by atoms with Gasteiger partial charge in [-0.25, -0.2) is 9.36 Å². The van der Waals surface area contributed by atoms with Gasteiger partial charge in [-0.2, -0.15) is 0 Å². The van der Waals surface area contributed by atoms with Gasteiger partial charge in [0.15, 0.2) is 0 Å². The number of hydrogen-bond acceptors (Lipinski definition) is 6. The van der Waals surface area contributed by atoms with Crippen molar-refractivity contribution in [1.29, 1.82) is 0 Å². The van der Waals surface area contributed by atoms with Crippen LogP contribution in [0.5, 0.6) is 0 Å². The zero-order valence-electron chi connectivity index (χ0n) is 15.8. The predicted molar refractivity (Wildman–Crippen MR) is 94.8 cm³/mol. The van der Waals surface area contributed by atoms with Crippen LogP contribution < -0.4 is 10.6 Å². The minimum atomic E-state index is -3.87. The standard InChI is InChI=1S/C16H31N2O6P/c1-6-22-25(21,23-7-2)15(20)18-13-11-9-8-10-12(13)17-14(19)24-16(3,4)5/h12-13H,6-11H2,1-5H3,(H,17,19)(H,18,20)/t12-,13-/m1/s1. The second-order valence-electron chi connectivity index (χ2n) is 6.93. The molecule has 1 rings (SSSR count). The van der Waals surface area contributed by atoms with Crippen LogP contribution in [0.25, 0.3) is 0 Å². The van der Waals surface area contributed by atoms with Gasteiger partial charge in [-0.1, -0.05) is 12.8 Å². The van der Waals surface area contributed by atoms with Crippen LogP contribution in [-0.4, -0.2) is 42.6 Å². The van der Waals surface area contributed by atoms with Crippen LogP contribution in [0, 0.1) is 0 Å². The molecule has 25 heavy (non-hydrogen) atoms. The van der Waals surface area contributed by atoms with Crippen molar-refractivity contribution in [1.82, 2.24) is 10.6 Å². The Labute approximate surface area is 149 Å². The Morgan fingerprint density at radius 3 is 1.92 bits per heavy atom. The second-order valence-corrected chi connectivity index (χ2v) is 8.84. The fourth-order valence-corrected chi connectivity index (χ4v) is 3.98. The molecular formula is C16H31N2O6P. The molecule has 0 aromatic heterocycles. The molecular weight excluding hydrogens is 347 g/mol. The molecule has 0 spiro atoms. The molecule has 8 nitrogen and oxygen atoms in total. The maximum Gasteiger partial charge on any atom is 0.418 e. The molecule has 9 heteroatoms. The number of alkyl carbamates (subject to hydrolysis) is 1. The van der Waals surface area contributed by atoms with E-state index in [0.717, 1.165) is 12.8 Å². The topological polar surface area (TPSA) is 103 Å². The summed E-state index contributed by atoms with van der Waals surface area (Å²) in [6, 6.07) is -0.632. The number of ether oxygens (including phenoxy) is 1. The summed E-state index contributed by atoms with van der Waals surface area (Å²) >= 11 is 0. The van der Waals surface area contributed by atoms with E-state index < -0.39 is 24.9 Å². The third-order valence-electron chi connectivity index (χ3n) is 3.62. The summed E-state index contributed by atoms with van der Waals surface area (Å²) in [6.45, 7) is 8.86. The molecule has 1 fully saturated rings. The highest BCUT2D eigenvalue weighted by Gasteiger charge is 2.38. The average Bonchev–Trinajstić information content (AvgIpc) is 2.47. The molecule has 1 aliphatic rings. The Morgan fingerprint density at radius 2 is 1.48 bits per heavy atom. The van der Waals surface area contributed by atoms with Crippen molar-refractivity contribution in [2.75, 3.05) is 13.2 Å². The summed E-state index contributed by atoms with van der Waals surface area (Å²) < 4.78 is 27.9. The molecule has 2 amide bonds. The molecule has 0 aromatic carbocycles. The van der Waals surface area contributed by atoms with Crippen molar-refractivity contribution < 1.29 is 27.9 Å². The van der Waals surface area contributed by atoms with Gasteiger partial charge in [-0.15, -0.1) is 0 Å². The third kappa shape index (κ3) is 7.34. The molecule has 0 saturated heterocycles. The van der Waals surface area contributed by atoms with Crippen LogP contribution in [-0.2, 0) is 18.3 Å². The van der Waals surface area contributed by atoms with Crippen molar-refractivity contribution in [2.45, 2.75) is 78.0 Å². The number of nitrogens with one attached hydrogen (secondary N) is 2. The monoisotopic (exact) mass is 378 g/mol. The second kappa shape index (κ2) is 9.55. The number of amides is 2. The first kappa shape index (κ1) is 21.9. The zero-order chi connectivity index (χ0) is 19.1. The Balaban J connectivity index is 2.74. The van der Waals surface area contributed by atoms with Crippen LogP contribution >= 0.6 is 7.60 Å². The fraction of sp³-hybridized carbons (Fsp3) is 0.875. The van der Waals surface area contributed by atoms with Crippen molar-refractivity contribution in [2.24, 2.45) is 0 Å². The maximum absolute atomic E-state index is 12.5. The van der Waals surface area contributed by atoms with E-state index >= 15 is 0 Å². The number of carbonyl (C=O) groups is 2. The van der Waals surface area contributed by atoms with Gasteiger partial charge < -0.3 is 24.4 Å². The summed E-state index contributed by atoms with van der Waals surface area (Å²) in [5.74, 6) is 0. The van der Waals surface area contributed by atoms with Gasteiger partial charge in [-0.05, 0) is 47.5 Å². The molecule has 146 valence electrons. The molecule has 0 bridgehead atoms. The minimum Gasteiger partial charge on any atom is -0.444 e. The quantitative estimate of drug-likeness (QED) is 0.653. The average molecular weight is 378 g/mol. The Hall–Kier alpha value is -1.11. The number of hydrogen-bond donors (Lipinski definition) is 2. The highest BCUT2D eigenvalue weighted by atomic mass is 31.2. The van der Waals surface area contributed by atoms with Gasteiger partial charge >= 0.3 is 19.3 Å². The fourth-order valence-electron chi connectivity index (χ4n) is 2.67. The van der Waals surface area contributed by atoms with E-state index in [4.69, 9.17) is 13.8 Å². The lowest BCUT2D eigenvalue weighted by atomic mass is 9.90. The van der Waals surface area contributed by atoms with E-state index in [0.29, 0.717) is 12.8 Å². The lowest BCUT2D eigenvalue weighted by Gasteiger charge is -2.33. The largest absolute Gasteiger partial charge is 0.444 e. The first-order valence-electron chi connectivity index (χ1n) is 8.81. The van der Waals surface area contributed by atoms with Crippen molar-refractivity contribution >= 4 is 19.3 Å². The number of rotatable bonds is 7. The van der Waals surface area contributed by atoms with Crippen molar-refractivity contribution in [3.05, 3.63) is 0 Å². The summed E-state index contributed by atoms with van der Waals surface area (Å²) in [4.78, 5) is 24.4. The summed E-state index contributed by atoms with van der Waals surface area (Å²) in [5.41, 5.74) is -1.36. The lowest BCUT2D eigenvalue weighted by Crippen LogP contribution is -2.53. The predicted octanol–water partition coefficient (Wildman–Crippen LogP) is 3.80. The van der Waals surface area contributed by atoms with Crippen LogP contribution in [0.3, 0.4) is 0 Å². The van der Waals surface area contributed by atoms with E-state index in [-0.39, 0.29) is 25.3 Å². The molecule has 1 saturated carbocycles. The molecule has 0 radical (unpaired) electrons. The van der Waals surface area contributed by atoms with Gasteiger partial charge in [-0.3, -0.25) is 4.79 Å². The highest BCUT2D eigenvalue weighted by Crippen LogP contribution is 2.48. The van der Waals surface area contributed by atoms with Gasteiger partial charge in [0.25, 0.3) is 0 Å². The first-order valence-corrected chi connectivity index (χ1v) is 10.3. The van der Waals surface area contributed by atoms with Crippen LogP contribution in [0.15, 0.2) is 0 Å². The maximum atomic E-state index is 12.5. The van der Waals surface area contributed by atoms with Crippen molar-refractivity contribution in [3.63, 3.8) is 0 Å². The molecule has 0 aliphatic heterocycles. The molecule has 0 aromatic rings. The van der Waals surface area contributed by atoms with Gasteiger partial charge in [0.2, 0.25) is 0 Å². The molecule has 2 atom stereocenters. The smallest absolute Gasteiger partial charge is 0.418 e. The summed E-state index contributed by atoms with van der Waals surface area (Å²) in [5, 5.41) is 5.52. The first-order chi connectivity index (χ1) is 11.6. The molecule has 2 N–H and O–H groups in total. The summed E-state index contributed by atoms with van der Waals surface area (Å²) in [7, 11) is -3.87.